The van der Waals surface area contributed by atoms with Crippen molar-refractivity contribution >= 4 is 17.5 Å². The summed E-state index contributed by atoms with van der Waals surface area (Å²) in [5.74, 6) is 0.677. The van der Waals surface area contributed by atoms with Crippen molar-refractivity contribution in [3.05, 3.63) is 18.2 Å². The number of alkyl halides is 1. The lowest BCUT2D eigenvalue weighted by Crippen LogP contribution is -2.38. The molecule has 0 spiro atoms. The SMILES string of the molecule is CC(CCl)C(C)NC(=O)c1cncn1C. The van der Waals surface area contributed by atoms with E-state index < -0.39 is 0 Å². The Hall–Kier alpha value is -1.03. The van der Waals surface area contributed by atoms with E-state index in [0.717, 1.165) is 0 Å². The molecule has 2 unspecified atom stereocenters. The predicted molar refractivity (Wildman–Crippen MR) is 60.0 cm³/mol. The van der Waals surface area contributed by atoms with Crippen molar-refractivity contribution in [1.82, 2.24) is 14.9 Å². The molecule has 1 rings (SSSR count). The first kappa shape index (κ1) is 12.0. The van der Waals surface area contributed by atoms with Gasteiger partial charge < -0.3 is 9.88 Å². The Morgan fingerprint density at radius 1 is 1.67 bits per heavy atom. The summed E-state index contributed by atoms with van der Waals surface area (Å²) in [4.78, 5) is 15.6. The second-order valence-electron chi connectivity index (χ2n) is 3.78. The van der Waals surface area contributed by atoms with Gasteiger partial charge in [-0.15, -0.1) is 11.6 Å². The highest BCUT2D eigenvalue weighted by molar-refractivity contribution is 6.18. The first-order valence-electron chi connectivity index (χ1n) is 4.89. The maximum atomic E-state index is 11.7. The van der Waals surface area contributed by atoms with Crippen LogP contribution in [0, 0.1) is 5.92 Å². The number of carbonyl (C=O) groups excluding carboxylic acids is 1. The number of carbonyl (C=O) groups is 1. The van der Waals surface area contributed by atoms with Gasteiger partial charge in [0.05, 0.1) is 12.5 Å². The van der Waals surface area contributed by atoms with Crippen molar-refractivity contribution in [1.29, 1.82) is 0 Å². The van der Waals surface area contributed by atoms with E-state index in [0.29, 0.717) is 11.6 Å². The van der Waals surface area contributed by atoms with E-state index in [1.54, 1.807) is 24.1 Å². The van der Waals surface area contributed by atoms with E-state index >= 15 is 0 Å². The van der Waals surface area contributed by atoms with E-state index in [-0.39, 0.29) is 17.9 Å². The molecule has 4 nitrogen and oxygen atoms in total. The highest BCUT2D eigenvalue weighted by Gasteiger charge is 2.16. The molecule has 5 heteroatoms. The number of aromatic nitrogens is 2. The third kappa shape index (κ3) is 2.96. The van der Waals surface area contributed by atoms with Gasteiger partial charge in [0.15, 0.2) is 0 Å². The van der Waals surface area contributed by atoms with Crippen molar-refractivity contribution in [2.75, 3.05) is 5.88 Å². The Bertz CT molecular complexity index is 337. The van der Waals surface area contributed by atoms with Crippen LogP contribution < -0.4 is 5.32 Å². The summed E-state index contributed by atoms with van der Waals surface area (Å²) >= 11 is 5.72. The molecule has 1 N–H and O–H groups in total. The van der Waals surface area contributed by atoms with Crippen LogP contribution in [0.4, 0.5) is 0 Å². The summed E-state index contributed by atoms with van der Waals surface area (Å²) in [6, 6.07) is 0.0601. The average Bonchev–Trinajstić information content (AvgIpc) is 2.63. The number of nitrogens with zero attached hydrogens (tertiary/aromatic N) is 2. The molecule has 0 bridgehead atoms. The molecule has 0 saturated heterocycles. The predicted octanol–water partition coefficient (Wildman–Crippen LogP) is 1.41. The summed E-state index contributed by atoms with van der Waals surface area (Å²) in [5.41, 5.74) is 0.559. The third-order valence-electron chi connectivity index (χ3n) is 2.51. The third-order valence-corrected chi connectivity index (χ3v) is 2.99. The van der Waals surface area contributed by atoms with Gasteiger partial charge >= 0.3 is 0 Å². The number of amides is 1. The maximum Gasteiger partial charge on any atom is 0.269 e. The van der Waals surface area contributed by atoms with Crippen LogP contribution in [-0.2, 0) is 7.05 Å². The standard InChI is InChI=1S/C10H16ClN3O/c1-7(4-11)8(2)13-10(15)9-5-12-6-14(9)3/h5-8H,4H2,1-3H3,(H,13,15). The topological polar surface area (TPSA) is 46.9 Å². The number of hydrogen-bond donors (Lipinski definition) is 1. The van der Waals surface area contributed by atoms with Crippen LogP contribution in [0.3, 0.4) is 0 Å². The van der Waals surface area contributed by atoms with E-state index in [1.165, 1.54) is 0 Å². The minimum Gasteiger partial charge on any atom is -0.348 e. The number of rotatable bonds is 4. The molecular formula is C10H16ClN3O. The second-order valence-corrected chi connectivity index (χ2v) is 4.09. The fourth-order valence-electron chi connectivity index (χ4n) is 1.13. The van der Waals surface area contributed by atoms with Gasteiger partial charge in [0.2, 0.25) is 0 Å². The van der Waals surface area contributed by atoms with Crippen molar-refractivity contribution in [3.8, 4) is 0 Å². The van der Waals surface area contributed by atoms with Crippen LogP contribution in [0.1, 0.15) is 24.3 Å². The minimum atomic E-state index is -0.112. The number of hydrogen-bond acceptors (Lipinski definition) is 2. The molecule has 0 aliphatic rings. The second kappa shape index (κ2) is 5.16. The van der Waals surface area contributed by atoms with E-state index in [9.17, 15) is 4.79 Å². The van der Waals surface area contributed by atoms with Crippen molar-refractivity contribution in [2.45, 2.75) is 19.9 Å². The number of imidazole rings is 1. The van der Waals surface area contributed by atoms with Crippen LogP contribution in [0.2, 0.25) is 0 Å². The quantitative estimate of drug-likeness (QED) is 0.794. The molecule has 0 aliphatic heterocycles. The molecule has 0 saturated carbocycles. The Morgan fingerprint density at radius 3 is 2.80 bits per heavy atom. The van der Waals surface area contributed by atoms with Crippen molar-refractivity contribution < 1.29 is 4.79 Å². The molecule has 0 aromatic carbocycles. The van der Waals surface area contributed by atoms with Gasteiger partial charge in [0.25, 0.3) is 5.91 Å². The van der Waals surface area contributed by atoms with Crippen LogP contribution in [0.5, 0.6) is 0 Å². The van der Waals surface area contributed by atoms with Crippen LogP contribution in [0.15, 0.2) is 12.5 Å². The molecule has 1 aromatic heterocycles. The lowest BCUT2D eigenvalue weighted by Gasteiger charge is -2.18. The molecule has 0 fully saturated rings. The van der Waals surface area contributed by atoms with E-state index in [4.69, 9.17) is 11.6 Å². The van der Waals surface area contributed by atoms with E-state index in [2.05, 4.69) is 10.3 Å². The first-order valence-corrected chi connectivity index (χ1v) is 5.42. The Morgan fingerprint density at radius 2 is 2.33 bits per heavy atom. The summed E-state index contributed by atoms with van der Waals surface area (Å²) in [6.07, 6.45) is 3.15. The zero-order valence-corrected chi connectivity index (χ0v) is 9.95. The zero-order chi connectivity index (χ0) is 11.4. The number of nitrogens with one attached hydrogen (secondary N) is 1. The summed E-state index contributed by atoms with van der Waals surface area (Å²) < 4.78 is 1.69. The fraction of sp³-hybridized carbons (Fsp3) is 0.600. The summed E-state index contributed by atoms with van der Waals surface area (Å²) in [6.45, 7) is 3.95. The van der Waals surface area contributed by atoms with Crippen LogP contribution in [0.25, 0.3) is 0 Å². The van der Waals surface area contributed by atoms with Gasteiger partial charge in [-0.3, -0.25) is 4.79 Å². The van der Waals surface area contributed by atoms with Crippen molar-refractivity contribution in [2.24, 2.45) is 13.0 Å². The zero-order valence-electron chi connectivity index (χ0n) is 9.20. The van der Waals surface area contributed by atoms with Crippen LogP contribution >= 0.6 is 11.6 Å². The van der Waals surface area contributed by atoms with Gasteiger partial charge in [-0.2, -0.15) is 0 Å². The Labute approximate surface area is 94.6 Å². The summed E-state index contributed by atoms with van der Waals surface area (Å²) in [5, 5.41) is 2.89. The van der Waals surface area contributed by atoms with Gasteiger partial charge in [-0.05, 0) is 12.8 Å². The first-order chi connectivity index (χ1) is 7.06. The van der Waals surface area contributed by atoms with Gasteiger partial charge in [-0.1, -0.05) is 6.92 Å². The Balaban J connectivity index is 2.60. The highest BCUT2D eigenvalue weighted by atomic mass is 35.5. The van der Waals surface area contributed by atoms with Crippen molar-refractivity contribution in [3.63, 3.8) is 0 Å². The highest BCUT2D eigenvalue weighted by Crippen LogP contribution is 2.06. The monoisotopic (exact) mass is 229 g/mol. The van der Waals surface area contributed by atoms with Crippen LogP contribution in [-0.4, -0.2) is 27.4 Å². The van der Waals surface area contributed by atoms with Gasteiger partial charge in [0, 0.05) is 19.0 Å². The molecule has 1 heterocycles. The lowest BCUT2D eigenvalue weighted by molar-refractivity contribution is 0.0922. The van der Waals surface area contributed by atoms with Gasteiger partial charge in [-0.25, -0.2) is 4.98 Å². The normalized spacial score (nSPS) is 14.7. The van der Waals surface area contributed by atoms with Gasteiger partial charge in [0.1, 0.15) is 5.69 Å². The molecule has 84 valence electrons. The molecule has 1 amide bonds. The molecule has 1 aromatic rings. The molecule has 15 heavy (non-hydrogen) atoms. The molecule has 2 atom stereocenters. The Kier molecular flexibility index (Phi) is 4.15. The number of aryl methyl sites for hydroxylation is 1. The summed E-state index contributed by atoms with van der Waals surface area (Å²) in [7, 11) is 1.79. The lowest BCUT2D eigenvalue weighted by atomic mass is 10.1. The largest absolute Gasteiger partial charge is 0.348 e. The average molecular weight is 230 g/mol. The number of halogens is 1. The minimum absolute atomic E-state index is 0.0601. The smallest absolute Gasteiger partial charge is 0.269 e. The molecule has 0 aliphatic carbocycles. The molecule has 0 radical (unpaired) electrons. The molecular weight excluding hydrogens is 214 g/mol. The van der Waals surface area contributed by atoms with E-state index in [1.807, 2.05) is 13.8 Å². The maximum absolute atomic E-state index is 11.7. The fourth-order valence-corrected chi connectivity index (χ4v) is 1.40.